The summed E-state index contributed by atoms with van der Waals surface area (Å²) < 4.78 is 13.1. The first-order chi connectivity index (χ1) is 10.0. The molecule has 0 bridgehead atoms. The summed E-state index contributed by atoms with van der Waals surface area (Å²) in [6.07, 6.45) is 2.51. The number of hydrogen-bond donors (Lipinski definition) is 2. The molecule has 0 aromatic heterocycles. The molecule has 1 aliphatic heterocycles. The van der Waals surface area contributed by atoms with Crippen LogP contribution in [0.3, 0.4) is 0 Å². The van der Waals surface area contributed by atoms with Gasteiger partial charge in [0, 0.05) is 25.2 Å². The smallest absolute Gasteiger partial charge is 0.321 e. The summed E-state index contributed by atoms with van der Waals surface area (Å²) in [5.41, 5.74) is 0.424. The molecule has 6 heteroatoms. The average molecular weight is 294 g/mol. The predicted molar refractivity (Wildman–Crippen MR) is 76.6 cm³/mol. The molecule has 0 radical (unpaired) electrons. The van der Waals surface area contributed by atoms with Crippen molar-refractivity contribution in [2.75, 3.05) is 18.4 Å². The molecule has 21 heavy (non-hydrogen) atoms. The maximum absolute atomic E-state index is 13.1. The number of nitrogens with zero attached hydrogens (tertiary/aromatic N) is 1. The van der Waals surface area contributed by atoms with Crippen molar-refractivity contribution in [3.8, 4) is 0 Å². The fourth-order valence-corrected chi connectivity index (χ4v) is 2.58. The van der Waals surface area contributed by atoms with Crippen LogP contribution in [0.15, 0.2) is 24.3 Å². The maximum Gasteiger partial charge on any atom is 0.321 e. The summed E-state index contributed by atoms with van der Waals surface area (Å²) in [5.74, 6) is -0.991. The molecule has 1 fully saturated rings. The molecule has 1 saturated heterocycles. The van der Waals surface area contributed by atoms with E-state index < -0.39 is 11.8 Å². The third-order valence-electron chi connectivity index (χ3n) is 3.65. The van der Waals surface area contributed by atoms with Gasteiger partial charge in [-0.1, -0.05) is 6.07 Å². The van der Waals surface area contributed by atoms with Gasteiger partial charge in [0.2, 0.25) is 0 Å². The van der Waals surface area contributed by atoms with Gasteiger partial charge in [-0.15, -0.1) is 0 Å². The number of halogens is 1. The fraction of sp³-hybridized carbons (Fsp3) is 0.467. The maximum atomic E-state index is 13.1. The minimum atomic E-state index is -0.809. The van der Waals surface area contributed by atoms with Crippen LogP contribution in [0.2, 0.25) is 0 Å². The molecule has 1 heterocycles. The lowest BCUT2D eigenvalue weighted by Crippen LogP contribution is -2.42. The lowest BCUT2D eigenvalue weighted by molar-refractivity contribution is -0.137. The van der Waals surface area contributed by atoms with Crippen LogP contribution in [0.4, 0.5) is 14.9 Å². The molecule has 2 rings (SSSR count). The molecule has 5 nitrogen and oxygen atoms in total. The number of hydrogen-bond acceptors (Lipinski definition) is 2. The summed E-state index contributed by atoms with van der Waals surface area (Å²) in [4.78, 5) is 24.4. The van der Waals surface area contributed by atoms with Crippen molar-refractivity contribution in [1.82, 2.24) is 4.90 Å². The van der Waals surface area contributed by atoms with Crippen LogP contribution in [0.5, 0.6) is 0 Å². The molecule has 1 aliphatic rings. The molecule has 0 saturated carbocycles. The second-order valence-corrected chi connectivity index (χ2v) is 5.33. The third kappa shape index (κ3) is 4.73. The Labute approximate surface area is 122 Å². The van der Waals surface area contributed by atoms with Crippen LogP contribution in [-0.4, -0.2) is 35.1 Å². The molecule has 2 amide bonds. The van der Waals surface area contributed by atoms with E-state index in [9.17, 15) is 14.0 Å². The molecule has 0 spiro atoms. The number of benzene rings is 1. The number of aliphatic carboxylic acids is 1. The van der Waals surface area contributed by atoms with E-state index in [0.29, 0.717) is 25.2 Å². The summed E-state index contributed by atoms with van der Waals surface area (Å²) in [6, 6.07) is 5.49. The van der Waals surface area contributed by atoms with Crippen LogP contribution >= 0.6 is 0 Å². The first-order valence-electron chi connectivity index (χ1n) is 7.08. The topological polar surface area (TPSA) is 69.6 Å². The summed E-state index contributed by atoms with van der Waals surface area (Å²) in [7, 11) is 0. The predicted octanol–water partition coefficient (Wildman–Crippen LogP) is 2.93. The normalized spacial score (nSPS) is 18.3. The van der Waals surface area contributed by atoms with E-state index in [4.69, 9.17) is 5.11 Å². The number of piperidine rings is 1. The van der Waals surface area contributed by atoms with Gasteiger partial charge < -0.3 is 15.3 Å². The lowest BCUT2D eigenvalue weighted by Gasteiger charge is -2.32. The third-order valence-corrected chi connectivity index (χ3v) is 3.65. The number of amides is 2. The van der Waals surface area contributed by atoms with Crippen molar-refractivity contribution < 1.29 is 19.1 Å². The van der Waals surface area contributed by atoms with Gasteiger partial charge in [-0.05, 0) is 43.4 Å². The van der Waals surface area contributed by atoms with Crippen molar-refractivity contribution in [3.63, 3.8) is 0 Å². The molecule has 2 N–H and O–H groups in total. The Bertz CT molecular complexity index is 521. The van der Waals surface area contributed by atoms with Gasteiger partial charge >= 0.3 is 12.0 Å². The molecule has 114 valence electrons. The number of carbonyl (C=O) groups excluding carboxylic acids is 1. The average Bonchev–Trinajstić information content (AvgIpc) is 2.45. The number of carboxylic acid groups (broad SMARTS) is 1. The highest BCUT2D eigenvalue weighted by atomic mass is 19.1. The second kappa shape index (κ2) is 7.06. The van der Waals surface area contributed by atoms with Crippen molar-refractivity contribution in [2.45, 2.75) is 25.7 Å². The van der Waals surface area contributed by atoms with Gasteiger partial charge in [-0.2, -0.15) is 0 Å². The van der Waals surface area contributed by atoms with E-state index in [2.05, 4.69) is 5.32 Å². The van der Waals surface area contributed by atoms with E-state index in [1.54, 1.807) is 11.0 Å². The van der Waals surface area contributed by atoms with Crippen LogP contribution < -0.4 is 5.32 Å². The van der Waals surface area contributed by atoms with Crippen LogP contribution in [0, 0.1) is 11.7 Å². The number of carbonyl (C=O) groups is 2. The van der Waals surface area contributed by atoms with E-state index in [1.165, 1.54) is 18.2 Å². The summed E-state index contributed by atoms with van der Waals surface area (Å²) >= 11 is 0. The molecular weight excluding hydrogens is 275 g/mol. The highest BCUT2D eigenvalue weighted by molar-refractivity contribution is 5.89. The fourth-order valence-electron chi connectivity index (χ4n) is 2.58. The highest BCUT2D eigenvalue weighted by Gasteiger charge is 2.24. The van der Waals surface area contributed by atoms with Gasteiger partial charge in [0.1, 0.15) is 5.82 Å². The molecule has 1 aromatic carbocycles. The lowest BCUT2D eigenvalue weighted by atomic mass is 9.93. The Kier molecular flexibility index (Phi) is 5.14. The highest BCUT2D eigenvalue weighted by Crippen LogP contribution is 2.22. The Hall–Kier alpha value is -2.11. The number of nitrogens with one attached hydrogen (secondary N) is 1. The molecular formula is C15H19FN2O3. The molecule has 1 atom stereocenters. The van der Waals surface area contributed by atoms with Gasteiger partial charge in [0.15, 0.2) is 0 Å². The van der Waals surface area contributed by atoms with Crippen LogP contribution in [0.1, 0.15) is 25.7 Å². The zero-order chi connectivity index (χ0) is 15.2. The largest absolute Gasteiger partial charge is 0.481 e. The van der Waals surface area contributed by atoms with E-state index >= 15 is 0 Å². The second-order valence-electron chi connectivity index (χ2n) is 5.33. The zero-order valence-electron chi connectivity index (χ0n) is 11.7. The summed E-state index contributed by atoms with van der Waals surface area (Å²) in [5, 5.41) is 11.4. The Balaban J connectivity index is 1.88. The Morgan fingerprint density at radius 2 is 2.24 bits per heavy atom. The first kappa shape index (κ1) is 15.3. The van der Waals surface area contributed by atoms with Gasteiger partial charge in [-0.25, -0.2) is 9.18 Å². The van der Waals surface area contributed by atoms with Crippen LogP contribution in [-0.2, 0) is 4.79 Å². The summed E-state index contributed by atoms with van der Waals surface area (Å²) in [6.45, 7) is 1.19. The minimum absolute atomic E-state index is 0.129. The Morgan fingerprint density at radius 3 is 2.95 bits per heavy atom. The number of anilines is 1. The van der Waals surface area contributed by atoms with E-state index in [1.807, 2.05) is 0 Å². The van der Waals surface area contributed by atoms with Gasteiger partial charge in [0.05, 0.1) is 0 Å². The molecule has 1 aromatic rings. The van der Waals surface area contributed by atoms with Crippen LogP contribution in [0.25, 0.3) is 0 Å². The van der Waals surface area contributed by atoms with Crippen molar-refractivity contribution in [3.05, 3.63) is 30.1 Å². The number of urea groups is 1. The zero-order valence-corrected chi connectivity index (χ0v) is 11.7. The minimum Gasteiger partial charge on any atom is -0.481 e. The van der Waals surface area contributed by atoms with Crippen molar-refractivity contribution >= 4 is 17.7 Å². The number of carboxylic acids is 1. The monoisotopic (exact) mass is 294 g/mol. The number of rotatable bonds is 4. The van der Waals surface area contributed by atoms with Gasteiger partial charge in [0.25, 0.3) is 0 Å². The van der Waals surface area contributed by atoms with Gasteiger partial charge in [-0.3, -0.25) is 4.79 Å². The van der Waals surface area contributed by atoms with E-state index in [-0.39, 0.29) is 18.4 Å². The first-order valence-corrected chi connectivity index (χ1v) is 7.08. The van der Waals surface area contributed by atoms with Crippen molar-refractivity contribution in [2.24, 2.45) is 5.92 Å². The standard InChI is InChI=1S/C15H19FN2O3/c16-12-4-1-5-13(9-12)17-15(21)18-8-2-3-11(10-18)6-7-14(19)20/h1,4-5,9,11H,2-3,6-8,10H2,(H,17,21)(H,19,20)/t11-/m1/s1. The van der Waals surface area contributed by atoms with Crippen molar-refractivity contribution in [1.29, 1.82) is 0 Å². The molecule has 0 aliphatic carbocycles. The molecule has 0 unspecified atom stereocenters. The Morgan fingerprint density at radius 1 is 1.43 bits per heavy atom. The van der Waals surface area contributed by atoms with E-state index in [0.717, 1.165) is 12.8 Å². The number of likely N-dealkylation sites (tertiary alicyclic amines) is 1. The SMILES string of the molecule is O=C(O)CC[C@H]1CCCN(C(=O)Nc2cccc(F)c2)C1. The quantitative estimate of drug-likeness (QED) is 0.897.